The topological polar surface area (TPSA) is 44.4 Å². The van der Waals surface area contributed by atoms with Crippen molar-refractivity contribution in [3.05, 3.63) is 29.6 Å². The zero-order chi connectivity index (χ0) is 15.1. The number of benzene rings is 1. The summed E-state index contributed by atoms with van der Waals surface area (Å²) in [5.41, 5.74) is -0.363. The van der Waals surface area contributed by atoms with Gasteiger partial charge in [-0.1, -0.05) is 0 Å². The molecule has 0 spiro atoms. The van der Waals surface area contributed by atoms with Crippen molar-refractivity contribution in [3.63, 3.8) is 0 Å². The number of hydrogen-bond donors (Lipinski definition) is 2. The van der Waals surface area contributed by atoms with Crippen LogP contribution in [0.25, 0.3) is 0 Å². The van der Waals surface area contributed by atoms with Gasteiger partial charge in [-0.2, -0.15) is 0 Å². The molecule has 0 bridgehead atoms. The lowest BCUT2D eigenvalue weighted by atomic mass is 10.2. The monoisotopic (exact) mass is 289 g/mol. The van der Waals surface area contributed by atoms with Gasteiger partial charge < -0.3 is 10.6 Å². The number of amides is 1. The van der Waals surface area contributed by atoms with Crippen LogP contribution in [-0.4, -0.2) is 44.5 Å². The van der Waals surface area contributed by atoms with E-state index >= 15 is 0 Å². The summed E-state index contributed by atoms with van der Waals surface area (Å²) in [4.78, 5) is 13.4. The first-order chi connectivity index (χ1) is 9.45. The fourth-order valence-electron chi connectivity index (χ4n) is 1.66. The number of likely N-dealkylation sites (N-methyl/N-ethyl adjacent to an activating group) is 1. The first kappa shape index (κ1) is 16.5. The molecule has 2 N–H and O–H groups in total. The quantitative estimate of drug-likeness (QED) is 0.592. The highest BCUT2D eigenvalue weighted by atomic mass is 19.2. The van der Waals surface area contributed by atoms with Crippen LogP contribution in [-0.2, 0) is 4.79 Å². The molecule has 0 saturated heterocycles. The van der Waals surface area contributed by atoms with Gasteiger partial charge in [0.25, 0.3) is 0 Å². The minimum atomic E-state index is -1.59. The molecule has 1 rings (SSSR count). The normalized spacial score (nSPS) is 10.9. The summed E-state index contributed by atoms with van der Waals surface area (Å²) in [7, 11) is 3.58. The van der Waals surface area contributed by atoms with E-state index in [1.54, 1.807) is 11.9 Å². The first-order valence-corrected chi connectivity index (χ1v) is 6.22. The largest absolute Gasteiger partial charge is 0.322 e. The Bertz CT molecular complexity index is 468. The Morgan fingerprint density at radius 3 is 2.60 bits per heavy atom. The van der Waals surface area contributed by atoms with Crippen molar-refractivity contribution in [1.82, 2.24) is 10.2 Å². The molecule has 0 aliphatic rings. The van der Waals surface area contributed by atoms with E-state index in [0.29, 0.717) is 6.54 Å². The maximum Gasteiger partial charge on any atom is 0.238 e. The Labute approximate surface area is 116 Å². The Balaban J connectivity index is 2.52. The molecule has 0 heterocycles. The Morgan fingerprint density at radius 1 is 1.25 bits per heavy atom. The van der Waals surface area contributed by atoms with Gasteiger partial charge in [-0.05, 0) is 45.7 Å². The number of hydrogen-bond acceptors (Lipinski definition) is 3. The van der Waals surface area contributed by atoms with Crippen LogP contribution >= 0.6 is 0 Å². The third-order valence-electron chi connectivity index (χ3n) is 2.69. The van der Waals surface area contributed by atoms with Gasteiger partial charge in [-0.25, -0.2) is 13.2 Å². The van der Waals surface area contributed by atoms with E-state index in [9.17, 15) is 18.0 Å². The fraction of sp³-hybridized carbons (Fsp3) is 0.462. The molecule has 0 unspecified atom stereocenters. The lowest BCUT2D eigenvalue weighted by molar-refractivity contribution is -0.117. The number of rotatable bonds is 7. The molecule has 7 heteroatoms. The van der Waals surface area contributed by atoms with Crippen LogP contribution in [0.4, 0.5) is 18.9 Å². The highest BCUT2D eigenvalue weighted by Gasteiger charge is 2.15. The first-order valence-electron chi connectivity index (χ1n) is 6.22. The fourth-order valence-corrected chi connectivity index (χ4v) is 1.66. The zero-order valence-electron chi connectivity index (χ0n) is 11.5. The molecule has 1 aromatic rings. The van der Waals surface area contributed by atoms with Crippen LogP contribution in [0, 0.1) is 17.5 Å². The Kier molecular flexibility index (Phi) is 6.47. The highest BCUT2D eigenvalue weighted by Crippen LogP contribution is 2.19. The predicted octanol–water partition coefficient (Wildman–Crippen LogP) is 1.58. The van der Waals surface area contributed by atoms with Gasteiger partial charge in [0.2, 0.25) is 5.91 Å². The zero-order valence-corrected chi connectivity index (χ0v) is 11.5. The van der Waals surface area contributed by atoms with Crippen molar-refractivity contribution in [2.24, 2.45) is 0 Å². The van der Waals surface area contributed by atoms with Gasteiger partial charge in [0.15, 0.2) is 17.5 Å². The summed E-state index contributed by atoms with van der Waals surface area (Å²) in [6.07, 6.45) is 0.861. The van der Waals surface area contributed by atoms with Gasteiger partial charge in [-0.3, -0.25) is 9.69 Å². The number of anilines is 1. The summed E-state index contributed by atoms with van der Waals surface area (Å²) < 4.78 is 39.1. The molecule has 20 heavy (non-hydrogen) atoms. The van der Waals surface area contributed by atoms with Crippen molar-refractivity contribution in [2.45, 2.75) is 6.42 Å². The summed E-state index contributed by atoms with van der Waals surface area (Å²) in [5, 5.41) is 5.20. The Hall–Kier alpha value is -1.60. The van der Waals surface area contributed by atoms with Gasteiger partial charge >= 0.3 is 0 Å². The maximum atomic E-state index is 13.4. The summed E-state index contributed by atoms with van der Waals surface area (Å²) in [6.45, 7) is 1.56. The van der Waals surface area contributed by atoms with E-state index in [1.807, 2.05) is 7.05 Å². The second-order valence-electron chi connectivity index (χ2n) is 4.47. The maximum absolute atomic E-state index is 13.4. The van der Waals surface area contributed by atoms with Crippen molar-refractivity contribution in [2.75, 3.05) is 39.0 Å². The number of nitrogens with one attached hydrogen (secondary N) is 2. The van der Waals surface area contributed by atoms with Crippen LogP contribution in [0.3, 0.4) is 0 Å². The molecule has 0 fully saturated rings. The van der Waals surface area contributed by atoms with E-state index in [-0.39, 0.29) is 12.2 Å². The summed E-state index contributed by atoms with van der Waals surface area (Å²) in [6, 6.07) is 1.76. The third-order valence-corrected chi connectivity index (χ3v) is 2.69. The summed E-state index contributed by atoms with van der Waals surface area (Å²) >= 11 is 0. The smallest absolute Gasteiger partial charge is 0.238 e. The molecule has 1 aromatic carbocycles. The molecule has 0 aliphatic carbocycles. The molecule has 4 nitrogen and oxygen atoms in total. The standard InChI is InChI=1S/C13H18F3N3O/c1-17-6-3-7-19(2)8-11(20)18-10-5-4-9(14)12(15)13(10)16/h4-5,17H,3,6-8H2,1-2H3,(H,18,20). The van der Waals surface area contributed by atoms with Crippen LogP contribution < -0.4 is 10.6 Å². The van der Waals surface area contributed by atoms with Crippen molar-refractivity contribution in [1.29, 1.82) is 0 Å². The van der Waals surface area contributed by atoms with E-state index < -0.39 is 23.4 Å². The van der Waals surface area contributed by atoms with E-state index in [0.717, 1.165) is 25.1 Å². The van der Waals surface area contributed by atoms with E-state index in [4.69, 9.17) is 0 Å². The van der Waals surface area contributed by atoms with Crippen molar-refractivity contribution < 1.29 is 18.0 Å². The molecule has 1 amide bonds. The lowest BCUT2D eigenvalue weighted by Crippen LogP contribution is -2.32. The molecular weight excluding hydrogens is 271 g/mol. The van der Waals surface area contributed by atoms with Gasteiger partial charge in [0, 0.05) is 0 Å². The van der Waals surface area contributed by atoms with Gasteiger partial charge in [-0.15, -0.1) is 0 Å². The molecule has 0 radical (unpaired) electrons. The molecule has 0 atom stereocenters. The predicted molar refractivity (Wildman–Crippen MR) is 71.0 cm³/mol. The SMILES string of the molecule is CNCCCN(C)CC(=O)Nc1ccc(F)c(F)c1F. The average Bonchev–Trinajstić information content (AvgIpc) is 2.40. The minimum Gasteiger partial charge on any atom is -0.322 e. The highest BCUT2D eigenvalue weighted by molar-refractivity contribution is 5.92. The molecule has 0 saturated carbocycles. The summed E-state index contributed by atoms with van der Waals surface area (Å²) in [5.74, 6) is -4.76. The van der Waals surface area contributed by atoms with Crippen LogP contribution in [0.1, 0.15) is 6.42 Å². The number of nitrogens with zero attached hydrogens (tertiary/aromatic N) is 1. The Morgan fingerprint density at radius 2 is 1.95 bits per heavy atom. The molecule has 112 valence electrons. The number of carbonyl (C=O) groups excluding carboxylic acids is 1. The molecule has 0 aromatic heterocycles. The van der Waals surface area contributed by atoms with Gasteiger partial charge in [0.05, 0.1) is 12.2 Å². The molecule has 0 aliphatic heterocycles. The lowest BCUT2D eigenvalue weighted by Gasteiger charge is -2.16. The van der Waals surface area contributed by atoms with Crippen LogP contribution in [0.5, 0.6) is 0 Å². The average molecular weight is 289 g/mol. The number of carbonyl (C=O) groups is 1. The van der Waals surface area contributed by atoms with Gasteiger partial charge in [0.1, 0.15) is 0 Å². The van der Waals surface area contributed by atoms with Crippen LogP contribution in [0.2, 0.25) is 0 Å². The van der Waals surface area contributed by atoms with E-state index in [2.05, 4.69) is 10.6 Å². The second kappa shape index (κ2) is 7.86. The molecular formula is C13H18F3N3O. The number of halogens is 3. The van der Waals surface area contributed by atoms with E-state index in [1.165, 1.54) is 0 Å². The van der Waals surface area contributed by atoms with Crippen molar-refractivity contribution >= 4 is 11.6 Å². The minimum absolute atomic E-state index is 0.0438. The third kappa shape index (κ3) is 4.82. The van der Waals surface area contributed by atoms with Crippen LogP contribution in [0.15, 0.2) is 12.1 Å². The van der Waals surface area contributed by atoms with Crippen molar-refractivity contribution in [3.8, 4) is 0 Å². The second-order valence-corrected chi connectivity index (χ2v) is 4.47.